The quantitative estimate of drug-likeness (QED) is 0.802. The van der Waals surface area contributed by atoms with Gasteiger partial charge in [-0.1, -0.05) is 12.1 Å². The molecule has 1 saturated heterocycles. The summed E-state index contributed by atoms with van der Waals surface area (Å²) in [7, 11) is 0. The van der Waals surface area contributed by atoms with Gasteiger partial charge < -0.3 is 15.7 Å². The third-order valence-corrected chi connectivity index (χ3v) is 3.95. The number of piperazine rings is 1. The van der Waals surface area contributed by atoms with Crippen molar-refractivity contribution in [3.8, 4) is 0 Å². The van der Waals surface area contributed by atoms with Crippen molar-refractivity contribution < 1.29 is 9.90 Å². The largest absolute Gasteiger partial charge is 0.399 e. The number of amides is 1. The fourth-order valence-corrected chi connectivity index (χ4v) is 2.75. The Balaban J connectivity index is 1.88. The number of nitrogens with zero attached hydrogens (tertiary/aromatic N) is 2. The number of rotatable bonds is 4. The number of anilines is 1. The molecule has 1 aliphatic rings. The SMILES string of the molecule is CC(O)CN1CCN(C(=O)Cc2ccc(N)cc2)CC1C. The van der Waals surface area contributed by atoms with Crippen LogP contribution in [0.5, 0.6) is 0 Å². The highest BCUT2D eigenvalue weighted by Crippen LogP contribution is 2.13. The van der Waals surface area contributed by atoms with Crippen LogP contribution in [-0.2, 0) is 11.2 Å². The molecular formula is C16H25N3O2. The Labute approximate surface area is 126 Å². The van der Waals surface area contributed by atoms with Crippen LogP contribution in [0.25, 0.3) is 0 Å². The van der Waals surface area contributed by atoms with Gasteiger partial charge in [0.05, 0.1) is 12.5 Å². The number of aliphatic hydroxyl groups is 1. The number of nitrogen functional groups attached to an aromatic ring is 1. The Hall–Kier alpha value is -1.59. The van der Waals surface area contributed by atoms with E-state index in [1.54, 1.807) is 6.92 Å². The fourth-order valence-electron chi connectivity index (χ4n) is 2.75. The Morgan fingerprint density at radius 1 is 1.38 bits per heavy atom. The summed E-state index contributed by atoms with van der Waals surface area (Å²) < 4.78 is 0. The van der Waals surface area contributed by atoms with E-state index < -0.39 is 0 Å². The molecule has 1 aromatic rings. The average molecular weight is 291 g/mol. The lowest BCUT2D eigenvalue weighted by Gasteiger charge is -2.40. The van der Waals surface area contributed by atoms with Crippen molar-refractivity contribution in [1.82, 2.24) is 9.80 Å². The zero-order valence-electron chi connectivity index (χ0n) is 12.8. The molecule has 0 aliphatic carbocycles. The number of hydrogen-bond acceptors (Lipinski definition) is 4. The molecule has 1 aliphatic heterocycles. The third kappa shape index (κ3) is 4.44. The van der Waals surface area contributed by atoms with Crippen molar-refractivity contribution in [3.63, 3.8) is 0 Å². The maximum absolute atomic E-state index is 12.4. The lowest BCUT2D eigenvalue weighted by molar-refractivity contribution is -0.133. The number of nitrogens with two attached hydrogens (primary N) is 1. The highest BCUT2D eigenvalue weighted by Gasteiger charge is 2.27. The fraction of sp³-hybridized carbons (Fsp3) is 0.562. The van der Waals surface area contributed by atoms with E-state index in [0.29, 0.717) is 18.7 Å². The van der Waals surface area contributed by atoms with Crippen LogP contribution < -0.4 is 5.73 Å². The summed E-state index contributed by atoms with van der Waals surface area (Å²) in [5.74, 6) is 0.156. The monoisotopic (exact) mass is 291 g/mol. The summed E-state index contributed by atoms with van der Waals surface area (Å²) in [5, 5.41) is 9.48. The summed E-state index contributed by atoms with van der Waals surface area (Å²) >= 11 is 0. The third-order valence-electron chi connectivity index (χ3n) is 3.95. The van der Waals surface area contributed by atoms with Crippen LogP contribution in [0.2, 0.25) is 0 Å². The molecule has 5 nitrogen and oxygen atoms in total. The Morgan fingerprint density at radius 3 is 2.62 bits per heavy atom. The molecule has 0 aromatic heterocycles. The van der Waals surface area contributed by atoms with Crippen LogP contribution in [0.4, 0.5) is 5.69 Å². The molecular weight excluding hydrogens is 266 g/mol. The highest BCUT2D eigenvalue weighted by atomic mass is 16.3. The Morgan fingerprint density at radius 2 is 2.05 bits per heavy atom. The molecule has 2 rings (SSSR count). The van der Waals surface area contributed by atoms with Crippen molar-refractivity contribution in [2.24, 2.45) is 0 Å². The molecule has 0 radical (unpaired) electrons. The molecule has 0 bridgehead atoms. The molecule has 1 fully saturated rings. The first-order valence-electron chi connectivity index (χ1n) is 7.50. The van der Waals surface area contributed by atoms with Crippen LogP contribution in [0, 0.1) is 0 Å². The van der Waals surface area contributed by atoms with Crippen LogP contribution >= 0.6 is 0 Å². The maximum Gasteiger partial charge on any atom is 0.227 e. The minimum Gasteiger partial charge on any atom is -0.399 e. The van der Waals surface area contributed by atoms with Gasteiger partial charge in [-0.25, -0.2) is 0 Å². The van der Waals surface area contributed by atoms with Gasteiger partial charge in [0, 0.05) is 37.9 Å². The van der Waals surface area contributed by atoms with Gasteiger partial charge in [0.2, 0.25) is 5.91 Å². The van der Waals surface area contributed by atoms with E-state index in [9.17, 15) is 9.90 Å². The number of aliphatic hydroxyl groups excluding tert-OH is 1. The predicted octanol–water partition coefficient (Wildman–Crippen LogP) is 0.725. The predicted molar refractivity (Wildman–Crippen MR) is 83.9 cm³/mol. The van der Waals surface area contributed by atoms with Crippen molar-refractivity contribution in [2.45, 2.75) is 32.4 Å². The van der Waals surface area contributed by atoms with Gasteiger partial charge in [0.25, 0.3) is 0 Å². The summed E-state index contributed by atoms with van der Waals surface area (Å²) in [6, 6.07) is 7.74. The maximum atomic E-state index is 12.4. The van der Waals surface area contributed by atoms with Gasteiger partial charge in [0.1, 0.15) is 0 Å². The normalized spacial score (nSPS) is 21.3. The van der Waals surface area contributed by atoms with E-state index in [-0.39, 0.29) is 18.1 Å². The van der Waals surface area contributed by atoms with Gasteiger partial charge in [-0.3, -0.25) is 9.69 Å². The van der Waals surface area contributed by atoms with Gasteiger partial charge in [-0.05, 0) is 31.5 Å². The van der Waals surface area contributed by atoms with E-state index in [0.717, 1.165) is 25.2 Å². The van der Waals surface area contributed by atoms with Gasteiger partial charge in [-0.2, -0.15) is 0 Å². The summed E-state index contributed by atoms with van der Waals surface area (Å²) in [6.45, 7) is 6.84. The average Bonchev–Trinajstić information content (AvgIpc) is 2.43. The molecule has 5 heteroatoms. The van der Waals surface area contributed by atoms with Crippen LogP contribution in [0.1, 0.15) is 19.4 Å². The zero-order valence-corrected chi connectivity index (χ0v) is 12.8. The summed E-state index contributed by atoms with van der Waals surface area (Å²) in [4.78, 5) is 16.5. The van der Waals surface area contributed by atoms with E-state index >= 15 is 0 Å². The van der Waals surface area contributed by atoms with Crippen molar-refractivity contribution in [3.05, 3.63) is 29.8 Å². The van der Waals surface area contributed by atoms with Crippen molar-refractivity contribution in [2.75, 3.05) is 31.9 Å². The molecule has 116 valence electrons. The van der Waals surface area contributed by atoms with E-state index in [1.165, 1.54) is 0 Å². The molecule has 2 unspecified atom stereocenters. The number of β-amino-alcohol motifs (C(OH)–C–C–N with tert-alkyl or cyclic N) is 1. The van der Waals surface area contributed by atoms with Crippen LogP contribution in [-0.4, -0.2) is 59.1 Å². The Kier molecular flexibility index (Phi) is 5.20. The molecule has 1 amide bonds. The smallest absolute Gasteiger partial charge is 0.227 e. The van der Waals surface area contributed by atoms with Gasteiger partial charge in [0.15, 0.2) is 0 Å². The topological polar surface area (TPSA) is 69.8 Å². The minimum atomic E-state index is -0.329. The molecule has 1 heterocycles. The molecule has 21 heavy (non-hydrogen) atoms. The van der Waals surface area contributed by atoms with E-state index in [4.69, 9.17) is 5.73 Å². The van der Waals surface area contributed by atoms with Crippen molar-refractivity contribution in [1.29, 1.82) is 0 Å². The van der Waals surface area contributed by atoms with E-state index in [1.807, 2.05) is 29.2 Å². The molecule has 2 atom stereocenters. The highest BCUT2D eigenvalue weighted by molar-refractivity contribution is 5.79. The minimum absolute atomic E-state index is 0.156. The standard InChI is InChI=1S/C16H25N3O2/c1-12-10-19(8-7-18(12)11-13(2)20)16(21)9-14-3-5-15(17)6-4-14/h3-6,12-13,20H,7-11,17H2,1-2H3. The molecule has 1 aromatic carbocycles. The molecule has 0 spiro atoms. The summed E-state index contributed by atoms with van der Waals surface area (Å²) in [5.41, 5.74) is 7.36. The Bertz CT molecular complexity index is 473. The lowest BCUT2D eigenvalue weighted by atomic mass is 10.1. The zero-order chi connectivity index (χ0) is 15.4. The van der Waals surface area contributed by atoms with E-state index in [2.05, 4.69) is 11.8 Å². The first-order valence-corrected chi connectivity index (χ1v) is 7.50. The first kappa shape index (κ1) is 15.8. The second-order valence-electron chi connectivity index (χ2n) is 5.95. The van der Waals surface area contributed by atoms with Crippen LogP contribution in [0.3, 0.4) is 0 Å². The van der Waals surface area contributed by atoms with Crippen molar-refractivity contribution >= 4 is 11.6 Å². The molecule has 0 saturated carbocycles. The number of benzene rings is 1. The number of carbonyl (C=O) groups excluding carboxylic acids is 1. The molecule has 3 N–H and O–H groups in total. The second kappa shape index (κ2) is 6.91. The number of hydrogen-bond donors (Lipinski definition) is 2. The summed E-state index contributed by atoms with van der Waals surface area (Å²) in [6.07, 6.45) is 0.0909. The van der Waals surface area contributed by atoms with Gasteiger partial charge >= 0.3 is 0 Å². The van der Waals surface area contributed by atoms with Crippen LogP contribution in [0.15, 0.2) is 24.3 Å². The van der Waals surface area contributed by atoms with Gasteiger partial charge in [-0.15, -0.1) is 0 Å². The second-order valence-corrected chi connectivity index (χ2v) is 5.95. The first-order chi connectivity index (χ1) is 9.95. The number of carbonyl (C=O) groups is 1. The lowest BCUT2D eigenvalue weighted by Crippen LogP contribution is -2.55.